The molecule has 0 spiro atoms. The van der Waals surface area contributed by atoms with E-state index < -0.39 is 11.4 Å². The highest BCUT2D eigenvalue weighted by atomic mass is 16.6. The van der Waals surface area contributed by atoms with Gasteiger partial charge in [-0.1, -0.05) is 30.3 Å². The zero-order valence-electron chi connectivity index (χ0n) is 10.5. The molecule has 2 N–H and O–H groups in total. The maximum atomic E-state index is 10.4. The molecule has 3 heteroatoms. The van der Waals surface area contributed by atoms with Gasteiger partial charge in [0.25, 0.3) is 0 Å². The maximum Gasteiger partial charge on any atom is 0.186 e. The minimum atomic E-state index is -1.24. The molecule has 18 heavy (non-hydrogen) atoms. The SMILES string of the molecule is C[C@]1(O)CC[C@@]2(O)/C=C\c3ccccc3C[C@@H]1O2. The highest BCUT2D eigenvalue weighted by Gasteiger charge is 2.45. The second-order valence-corrected chi connectivity index (χ2v) is 5.54. The van der Waals surface area contributed by atoms with Gasteiger partial charge in [0.05, 0.1) is 11.7 Å². The zero-order valence-corrected chi connectivity index (χ0v) is 10.5. The number of ether oxygens (including phenoxy) is 1. The molecule has 2 heterocycles. The zero-order chi connectivity index (χ0) is 12.8. The van der Waals surface area contributed by atoms with Crippen molar-refractivity contribution < 1.29 is 14.9 Å². The smallest absolute Gasteiger partial charge is 0.186 e. The second-order valence-electron chi connectivity index (χ2n) is 5.54. The largest absolute Gasteiger partial charge is 0.387 e. The molecule has 1 aromatic rings. The standard InChI is InChI=1S/C15H18O3/c1-14(16)8-9-15(17)7-6-11-4-2-3-5-12(11)10-13(14)18-15/h2-7,13,16-17H,8-10H2,1H3/b7-6-/t13-,14-,15+/m0/s1. The minimum absolute atomic E-state index is 0.373. The number of benzene rings is 1. The Kier molecular flexibility index (Phi) is 2.59. The van der Waals surface area contributed by atoms with Crippen molar-refractivity contribution in [3.05, 3.63) is 41.5 Å². The van der Waals surface area contributed by atoms with Crippen molar-refractivity contribution in [1.29, 1.82) is 0 Å². The lowest BCUT2D eigenvalue weighted by Gasteiger charge is -2.45. The van der Waals surface area contributed by atoms with Crippen molar-refractivity contribution in [2.24, 2.45) is 0 Å². The van der Waals surface area contributed by atoms with Gasteiger partial charge >= 0.3 is 0 Å². The van der Waals surface area contributed by atoms with Crippen LogP contribution in [0.5, 0.6) is 0 Å². The predicted octanol–water partition coefficient (Wildman–Crippen LogP) is 1.87. The molecule has 3 nitrogen and oxygen atoms in total. The van der Waals surface area contributed by atoms with Gasteiger partial charge in [0.2, 0.25) is 0 Å². The molecule has 1 aromatic carbocycles. The van der Waals surface area contributed by atoms with Crippen LogP contribution in [0.2, 0.25) is 0 Å². The summed E-state index contributed by atoms with van der Waals surface area (Å²) in [6.45, 7) is 1.78. The summed E-state index contributed by atoms with van der Waals surface area (Å²) in [6.07, 6.45) is 4.83. The van der Waals surface area contributed by atoms with Crippen LogP contribution >= 0.6 is 0 Å². The fourth-order valence-electron chi connectivity index (χ4n) is 2.71. The summed E-state index contributed by atoms with van der Waals surface area (Å²) < 4.78 is 5.71. The van der Waals surface area contributed by atoms with Crippen molar-refractivity contribution in [2.75, 3.05) is 0 Å². The molecule has 1 saturated heterocycles. The van der Waals surface area contributed by atoms with Crippen LogP contribution in [0.15, 0.2) is 30.3 Å². The van der Waals surface area contributed by atoms with Gasteiger partial charge in [-0.3, -0.25) is 0 Å². The Balaban J connectivity index is 2.06. The molecule has 0 amide bonds. The Morgan fingerprint density at radius 3 is 2.83 bits per heavy atom. The third kappa shape index (κ3) is 1.99. The molecule has 3 rings (SSSR count). The first-order chi connectivity index (χ1) is 8.49. The summed E-state index contributed by atoms with van der Waals surface area (Å²) in [5, 5.41) is 20.7. The average molecular weight is 246 g/mol. The number of fused-ring (bicyclic) bond motifs is 3. The third-order valence-corrected chi connectivity index (χ3v) is 4.01. The summed E-state index contributed by atoms with van der Waals surface area (Å²) >= 11 is 0. The fraction of sp³-hybridized carbons (Fsp3) is 0.467. The van der Waals surface area contributed by atoms with E-state index in [1.54, 1.807) is 13.0 Å². The first kappa shape index (κ1) is 11.9. The van der Waals surface area contributed by atoms with Gasteiger partial charge in [-0.15, -0.1) is 0 Å². The first-order valence-electron chi connectivity index (χ1n) is 6.38. The Labute approximate surface area is 107 Å². The molecule has 0 aliphatic carbocycles. The lowest BCUT2D eigenvalue weighted by molar-refractivity contribution is -0.272. The van der Waals surface area contributed by atoms with E-state index in [9.17, 15) is 10.2 Å². The lowest BCUT2D eigenvalue weighted by atomic mass is 9.82. The van der Waals surface area contributed by atoms with E-state index in [0.29, 0.717) is 19.3 Å². The second kappa shape index (κ2) is 3.92. The molecule has 3 atom stereocenters. The van der Waals surface area contributed by atoms with Crippen LogP contribution in [0.4, 0.5) is 0 Å². The van der Waals surface area contributed by atoms with Gasteiger partial charge in [0, 0.05) is 12.8 Å². The highest BCUT2D eigenvalue weighted by molar-refractivity contribution is 5.55. The Morgan fingerprint density at radius 2 is 2.00 bits per heavy atom. The Morgan fingerprint density at radius 1 is 1.22 bits per heavy atom. The number of aliphatic hydroxyl groups is 2. The van der Waals surface area contributed by atoms with Crippen molar-refractivity contribution in [2.45, 2.75) is 43.7 Å². The average Bonchev–Trinajstić information content (AvgIpc) is 2.32. The summed E-state index contributed by atoms with van der Waals surface area (Å²) in [7, 11) is 0. The van der Waals surface area contributed by atoms with E-state index in [-0.39, 0.29) is 6.10 Å². The Bertz CT molecular complexity index is 492. The van der Waals surface area contributed by atoms with E-state index in [0.717, 1.165) is 11.1 Å². The number of hydrogen-bond acceptors (Lipinski definition) is 3. The molecule has 96 valence electrons. The van der Waals surface area contributed by atoms with E-state index in [1.807, 2.05) is 30.3 Å². The molecular weight excluding hydrogens is 228 g/mol. The highest BCUT2D eigenvalue weighted by Crippen LogP contribution is 2.38. The van der Waals surface area contributed by atoms with Crippen LogP contribution in [0.25, 0.3) is 6.08 Å². The normalized spacial score (nSPS) is 40.5. The van der Waals surface area contributed by atoms with Crippen molar-refractivity contribution in [3.63, 3.8) is 0 Å². The molecule has 0 aromatic heterocycles. The first-order valence-corrected chi connectivity index (χ1v) is 6.38. The van der Waals surface area contributed by atoms with Crippen molar-refractivity contribution >= 4 is 6.08 Å². The maximum absolute atomic E-state index is 10.4. The molecule has 0 unspecified atom stereocenters. The van der Waals surface area contributed by atoms with Gasteiger partial charge in [-0.2, -0.15) is 0 Å². The van der Waals surface area contributed by atoms with Crippen molar-refractivity contribution in [3.8, 4) is 0 Å². The van der Waals surface area contributed by atoms with Crippen LogP contribution in [-0.2, 0) is 11.2 Å². The molecule has 0 radical (unpaired) electrons. The molecular formula is C15H18O3. The summed E-state index contributed by atoms with van der Waals surface area (Å²) in [4.78, 5) is 0. The van der Waals surface area contributed by atoms with Gasteiger partial charge in [-0.05, 0) is 30.5 Å². The quantitative estimate of drug-likeness (QED) is 0.734. The molecule has 2 aliphatic rings. The van der Waals surface area contributed by atoms with Gasteiger partial charge in [-0.25, -0.2) is 0 Å². The Hall–Kier alpha value is -1.16. The van der Waals surface area contributed by atoms with E-state index >= 15 is 0 Å². The van der Waals surface area contributed by atoms with Crippen LogP contribution in [0.3, 0.4) is 0 Å². The molecule has 2 bridgehead atoms. The predicted molar refractivity (Wildman–Crippen MR) is 68.9 cm³/mol. The fourth-order valence-corrected chi connectivity index (χ4v) is 2.71. The molecule has 0 saturated carbocycles. The van der Waals surface area contributed by atoms with E-state index in [4.69, 9.17) is 4.74 Å². The van der Waals surface area contributed by atoms with E-state index in [2.05, 4.69) is 0 Å². The minimum Gasteiger partial charge on any atom is -0.387 e. The lowest BCUT2D eigenvalue weighted by Crippen LogP contribution is -2.54. The van der Waals surface area contributed by atoms with E-state index in [1.165, 1.54) is 0 Å². The third-order valence-electron chi connectivity index (χ3n) is 4.01. The number of hydrogen-bond donors (Lipinski definition) is 2. The van der Waals surface area contributed by atoms with Gasteiger partial charge < -0.3 is 14.9 Å². The van der Waals surface area contributed by atoms with Crippen LogP contribution < -0.4 is 0 Å². The van der Waals surface area contributed by atoms with Gasteiger partial charge in [0.15, 0.2) is 5.79 Å². The monoisotopic (exact) mass is 246 g/mol. The van der Waals surface area contributed by atoms with Crippen LogP contribution in [0.1, 0.15) is 30.9 Å². The van der Waals surface area contributed by atoms with Gasteiger partial charge in [0.1, 0.15) is 0 Å². The summed E-state index contributed by atoms with van der Waals surface area (Å²) in [6, 6.07) is 8.02. The summed E-state index contributed by atoms with van der Waals surface area (Å²) in [5.41, 5.74) is 1.34. The van der Waals surface area contributed by atoms with Crippen molar-refractivity contribution in [1.82, 2.24) is 0 Å². The summed E-state index contributed by atoms with van der Waals surface area (Å²) in [5.74, 6) is -1.24. The topological polar surface area (TPSA) is 49.7 Å². The molecule has 1 fully saturated rings. The van der Waals surface area contributed by atoms with Crippen LogP contribution in [0, 0.1) is 0 Å². The number of rotatable bonds is 0. The van der Waals surface area contributed by atoms with Crippen LogP contribution in [-0.4, -0.2) is 27.7 Å². The molecule has 2 aliphatic heterocycles.